The lowest BCUT2D eigenvalue weighted by molar-refractivity contribution is -0.128. The molecule has 1 atom stereocenters. The van der Waals surface area contributed by atoms with Gasteiger partial charge in [0.1, 0.15) is 6.10 Å². The monoisotopic (exact) mass is 170 g/mol. The summed E-state index contributed by atoms with van der Waals surface area (Å²) < 4.78 is 0. The van der Waals surface area contributed by atoms with Crippen LogP contribution in [0.25, 0.3) is 0 Å². The van der Waals surface area contributed by atoms with Crippen molar-refractivity contribution in [3.8, 4) is 0 Å². The molecule has 70 valence electrons. The van der Waals surface area contributed by atoms with Crippen molar-refractivity contribution in [2.45, 2.75) is 51.6 Å². The summed E-state index contributed by atoms with van der Waals surface area (Å²) in [5.74, 6) is 0.366. The summed E-state index contributed by atoms with van der Waals surface area (Å²) in [4.78, 5) is 11.2. The lowest BCUT2D eigenvalue weighted by Gasteiger charge is -2.06. The summed E-state index contributed by atoms with van der Waals surface area (Å²) in [5.41, 5.74) is 0. The van der Waals surface area contributed by atoms with Crippen LogP contribution in [-0.4, -0.2) is 17.0 Å². The number of unbranched alkanes of at least 4 members (excludes halogenated alkanes) is 2. The van der Waals surface area contributed by atoms with E-state index in [9.17, 15) is 9.90 Å². The molecule has 1 N–H and O–H groups in total. The molecule has 2 nitrogen and oxygen atoms in total. The maximum atomic E-state index is 11.2. The highest BCUT2D eigenvalue weighted by Gasteiger charge is 2.33. The zero-order valence-corrected chi connectivity index (χ0v) is 7.75. The SMILES string of the molecule is CCCCCC(=O)C(O)C1CC1. The van der Waals surface area contributed by atoms with E-state index in [0.29, 0.717) is 12.3 Å². The van der Waals surface area contributed by atoms with Crippen LogP contribution in [0.4, 0.5) is 0 Å². The van der Waals surface area contributed by atoms with Crippen molar-refractivity contribution in [2.75, 3.05) is 0 Å². The summed E-state index contributed by atoms with van der Waals surface area (Å²) in [6.45, 7) is 2.11. The van der Waals surface area contributed by atoms with Crippen molar-refractivity contribution in [1.82, 2.24) is 0 Å². The molecule has 0 heterocycles. The first-order valence-corrected chi connectivity index (χ1v) is 4.96. The Labute approximate surface area is 74.0 Å². The van der Waals surface area contributed by atoms with Crippen molar-refractivity contribution >= 4 is 5.78 Å². The van der Waals surface area contributed by atoms with Crippen molar-refractivity contribution in [2.24, 2.45) is 5.92 Å². The highest BCUT2D eigenvalue weighted by atomic mass is 16.3. The van der Waals surface area contributed by atoms with Crippen LogP contribution < -0.4 is 0 Å². The molecule has 0 aromatic heterocycles. The molecular formula is C10H18O2. The molecule has 0 amide bonds. The highest BCUT2D eigenvalue weighted by molar-refractivity contribution is 5.83. The van der Waals surface area contributed by atoms with Gasteiger partial charge in [-0.05, 0) is 25.2 Å². The van der Waals surface area contributed by atoms with Gasteiger partial charge in [-0.1, -0.05) is 19.8 Å². The molecule has 0 spiro atoms. The Morgan fingerprint density at radius 1 is 1.50 bits per heavy atom. The van der Waals surface area contributed by atoms with Crippen molar-refractivity contribution < 1.29 is 9.90 Å². The van der Waals surface area contributed by atoms with E-state index in [1.54, 1.807) is 0 Å². The minimum Gasteiger partial charge on any atom is -0.385 e. The molecule has 0 saturated heterocycles. The van der Waals surface area contributed by atoms with Crippen LogP contribution in [0.5, 0.6) is 0 Å². The largest absolute Gasteiger partial charge is 0.385 e. The zero-order chi connectivity index (χ0) is 8.97. The van der Waals surface area contributed by atoms with Crippen molar-refractivity contribution in [1.29, 1.82) is 0 Å². The van der Waals surface area contributed by atoms with E-state index in [1.807, 2.05) is 0 Å². The van der Waals surface area contributed by atoms with E-state index < -0.39 is 6.10 Å². The number of carbonyl (C=O) groups is 1. The van der Waals surface area contributed by atoms with Crippen LogP contribution in [0.15, 0.2) is 0 Å². The van der Waals surface area contributed by atoms with Gasteiger partial charge in [0.05, 0.1) is 0 Å². The number of aliphatic hydroxyl groups is 1. The van der Waals surface area contributed by atoms with Gasteiger partial charge in [0.15, 0.2) is 5.78 Å². The van der Waals surface area contributed by atoms with E-state index in [2.05, 4.69) is 6.92 Å². The molecule has 1 unspecified atom stereocenters. The molecule has 1 aliphatic carbocycles. The van der Waals surface area contributed by atoms with Gasteiger partial charge < -0.3 is 5.11 Å². The first kappa shape index (κ1) is 9.72. The first-order valence-electron chi connectivity index (χ1n) is 4.96. The molecule has 1 rings (SSSR count). The number of carbonyl (C=O) groups excluding carboxylic acids is 1. The minimum atomic E-state index is -0.637. The Morgan fingerprint density at radius 2 is 2.17 bits per heavy atom. The summed E-state index contributed by atoms with van der Waals surface area (Å²) in [6, 6.07) is 0. The van der Waals surface area contributed by atoms with Gasteiger partial charge in [-0.3, -0.25) is 4.79 Å². The summed E-state index contributed by atoms with van der Waals surface area (Å²) >= 11 is 0. The fourth-order valence-corrected chi connectivity index (χ4v) is 1.37. The Kier molecular flexibility index (Phi) is 3.73. The summed E-state index contributed by atoms with van der Waals surface area (Å²) in [6.07, 6.45) is 5.20. The van der Waals surface area contributed by atoms with E-state index in [0.717, 1.165) is 32.1 Å². The topological polar surface area (TPSA) is 37.3 Å². The number of rotatable bonds is 6. The average molecular weight is 170 g/mol. The zero-order valence-electron chi connectivity index (χ0n) is 7.75. The number of Topliss-reactive ketones (excluding diaryl/α,β-unsaturated/α-hetero) is 1. The number of aliphatic hydroxyl groups excluding tert-OH is 1. The fraction of sp³-hybridized carbons (Fsp3) is 0.900. The average Bonchev–Trinajstić information content (AvgIpc) is 2.86. The maximum absolute atomic E-state index is 11.2. The van der Waals surface area contributed by atoms with E-state index in [-0.39, 0.29) is 5.78 Å². The van der Waals surface area contributed by atoms with Gasteiger partial charge in [-0.25, -0.2) is 0 Å². The van der Waals surface area contributed by atoms with Gasteiger partial charge in [0.2, 0.25) is 0 Å². The van der Waals surface area contributed by atoms with Crippen LogP contribution in [0.1, 0.15) is 45.4 Å². The van der Waals surface area contributed by atoms with E-state index >= 15 is 0 Å². The molecule has 12 heavy (non-hydrogen) atoms. The van der Waals surface area contributed by atoms with Gasteiger partial charge in [0.25, 0.3) is 0 Å². The Morgan fingerprint density at radius 3 is 2.67 bits per heavy atom. The Bertz CT molecular complexity index is 150. The maximum Gasteiger partial charge on any atom is 0.161 e. The second-order valence-corrected chi connectivity index (χ2v) is 3.71. The van der Waals surface area contributed by atoms with Gasteiger partial charge >= 0.3 is 0 Å². The molecule has 0 aromatic carbocycles. The van der Waals surface area contributed by atoms with Crippen molar-refractivity contribution in [3.63, 3.8) is 0 Å². The van der Waals surface area contributed by atoms with E-state index in [4.69, 9.17) is 0 Å². The third-order valence-electron chi connectivity index (χ3n) is 2.43. The molecule has 0 radical (unpaired) electrons. The quantitative estimate of drug-likeness (QED) is 0.618. The summed E-state index contributed by atoms with van der Waals surface area (Å²) in [5, 5.41) is 9.41. The smallest absolute Gasteiger partial charge is 0.161 e. The van der Waals surface area contributed by atoms with Crippen molar-refractivity contribution in [3.05, 3.63) is 0 Å². The minimum absolute atomic E-state index is 0.0611. The molecule has 1 fully saturated rings. The standard InChI is InChI=1S/C10H18O2/c1-2-3-4-5-9(11)10(12)8-6-7-8/h8,10,12H,2-7H2,1H3. The third kappa shape index (κ3) is 2.94. The normalized spacial score (nSPS) is 19.2. The molecule has 0 aromatic rings. The first-order chi connectivity index (χ1) is 5.75. The van der Waals surface area contributed by atoms with E-state index in [1.165, 1.54) is 0 Å². The molecular weight excluding hydrogens is 152 g/mol. The fourth-order valence-electron chi connectivity index (χ4n) is 1.37. The van der Waals surface area contributed by atoms with Gasteiger partial charge in [-0.2, -0.15) is 0 Å². The molecule has 0 aliphatic heterocycles. The van der Waals surface area contributed by atoms with Gasteiger partial charge in [0, 0.05) is 6.42 Å². The van der Waals surface area contributed by atoms with Crippen LogP contribution in [0.2, 0.25) is 0 Å². The number of ketones is 1. The second kappa shape index (κ2) is 4.61. The predicted octanol–water partition coefficient (Wildman–Crippen LogP) is 1.91. The molecule has 1 aliphatic rings. The lowest BCUT2D eigenvalue weighted by atomic mass is 10.0. The Balaban J connectivity index is 2.09. The van der Waals surface area contributed by atoms with Crippen LogP contribution in [-0.2, 0) is 4.79 Å². The predicted molar refractivity (Wildman–Crippen MR) is 47.9 cm³/mol. The Hall–Kier alpha value is -0.370. The number of hydrogen-bond acceptors (Lipinski definition) is 2. The molecule has 1 saturated carbocycles. The third-order valence-corrected chi connectivity index (χ3v) is 2.43. The molecule has 0 bridgehead atoms. The van der Waals surface area contributed by atoms with Crippen LogP contribution in [0, 0.1) is 5.92 Å². The lowest BCUT2D eigenvalue weighted by Crippen LogP contribution is -2.21. The summed E-state index contributed by atoms with van der Waals surface area (Å²) in [7, 11) is 0. The molecule has 2 heteroatoms. The number of hydrogen-bond donors (Lipinski definition) is 1. The van der Waals surface area contributed by atoms with Crippen LogP contribution in [0.3, 0.4) is 0 Å². The highest BCUT2D eigenvalue weighted by Crippen LogP contribution is 2.33. The van der Waals surface area contributed by atoms with Gasteiger partial charge in [-0.15, -0.1) is 0 Å². The van der Waals surface area contributed by atoms with Crippen LogP contribution >= 0.6 is 0 Å². The second-order valence-electron chi connectivity index (χ2n) is 3.71.